The Balaban J connectivity index is 1.64. The van der Waals surface area contributed by atoms with Gasteiger partial charge in [0.15, 0.2) is 0 Å². The molecule has 1 amide bonds. The van der Waals surface area contributed by atoms with E-state index in [0.29, 0.717) is 18.8 Å². The van der Waals surface area contributed by atoms with Gasteiger partial charge in [0.2, 0.25) is 15.9 Å². The number of nitrogens with zero attached hydrogens (tertiary/aromatic N) is 3. The Morgan fingerprint density at radius 1 is 1.33 bits per heavy atom. The average molecular weight is 389 g/mol. The highest BCUT2D eigenvalue weighted by atomic mass is 32.2. The van der Waals surface area contributed by atoms with Crippen LogP contribution in [0.3, 0.4) is 0 Å². The van der Waals surface area contributed by atoms with E-state index in [0.717, 1.165) is 24.1 Å². The predicted octanol–water partition coefficient (Wildman–Crippen LogP) is 0.221. The smallest absolute Gasteiger partial charge is 0.240 e. The fourth-order valence-electron chi connectivity index (χ4n) is 3.99. The van der Waals surface area contributed by atoms with Crippen LogP contribution in [0.15, 0.2) is 35.5 Å². The van der Waals surface area contributed by atoms with Crippen LogP contribution in [0.25, 0.3) is 0 Å². The van der Waals surface area contributed by atoms with Crippen molar-refractivity contribution in [2.24, 2.45) is 13.0 Å². The molecule has 144 valence electrons. The third-order valence-electron chi connectivity index (χ3n) is 5.48. The minimum absolute atomic E-state index is 0.0339. The summed E-state index contributed by atoms with van der Waals surface area (Å²) >= 11 is 0. The van der Waals surface area contributed by atoms with E-state index in [4.69, 9.17) is 0 Å². The molecule has 2 aliphatic rings. The first-order chi connectivity index (χ1) is 12.9. The monoisotopic (exact) mass is 389 g/mol. The molecular formula is C18H23N5O3S. The minimum Gasteiger partial charge on any atom is -0.315 e. The number of carbonyl (C=O) groups is 1. The Hall–Kier alpha value is -2.23. The Morgan fingerprint density at radius 3 is 2.85 bits per heavy atom. The van der Waals surface area contributed by atoms with Crippen molar-refractivity contribution in [2.45, 2.75) is 17.2 Å². The van der Waals surface area contributed by atoms with Crippen molar-refractivity contribution in [1.82, 2.24) is 19.8 Å². The van der Waals surface area contributed by atoms with Crippen LogP contribution >= 0.6 is 0 Å². The van der Waals surface area contributed by atoms with Crippen molar-refractivity contribution in [1.29, 1.82) is 0 Å². The molecule has 1 saturated heterocycles. The first kappa shape index (κ1) is 18.1. The number of sulfonamides is 1. The molecule has 2 N–H and O–H groups in total. The molecule has 0 saturated carbocycles. The normalized spacial score (nSPS) is 22.2. The Labute approximate surface area is 158 Å². The summed E-state index contributed by atoms with van der Waals surface area (Å²) in [5, 5.41) is 7.54. The van der Waals surface area contributed by atoms with Crippen LogP contribution < -0.4 is 14.9 Å². The summed E-state index contributed by atoms with van der Waals surface area (Å²) in [5.41, 5.74) is 2.75. The molecular weight excluding hydrogens is 366 g/mol. The number of nitrogens with one attached hydrogen (secondary N) is 2. The maximum Gasteiger partial charge on any atom is 0.240 e. The second kappa shape index (κ2) is 6.74. The first-order valence-electron chi connectivity index (χ1n) is 8.98. The highest BCUT2D eigenvalue weighted by Gasteiger charge is 2.39. The molecule has 4 rings (SSSR count). The summed E-state index contributed by atoms with van der Waals surface area (Å²) in [5.74, 6) is -0.0872. The molecule has 27 heavy (non-hydrogen) atoms. The Bertz CT molecular complexity index is 985. The molecule has 1 fully saturated rings. The van der Waals surface area contributed by atoms with Gasteiger partial charge in [0.1, 0.15) is 0 Å². The van der Waals surface area contributed by atoms with Crippen molar-refractivity contribution >= 4 is 21.6 Å². The minimum atomic E-state index is -3.55. The van der Waals surface area contributed by atoms with Gasteiger partial charge in [-0.1, -0.05) is 6.07 Å². The van der Waals surface area contributed by atoms with Gasteiger partial charge in [0.25, 0.3) is 0 Å². The number of benzene rings is 1. The van der Waals surface area contributed by atoms with Crippen molar-refractivity contribution in [3.63, 3.8) is 0 Å². The molecule has 2 aliphatic heterocycles. The van der Waals surface area contributed by atoms with Gasteiger partial charge in [0.05, 0.1) is 17.0 Å². The quantitative estimate of drug-likeness (QED) is 0.780. The van der Waals surface area contributed by atoms with Gasteiger partial charge >= 0.3 is 0 Å². The third-order valence-corrected chi connectivity index (χ3v) is 6.89. The number of rotatable bonds is 4. The molecule has 8 nitrogen and oxygen atoms in total. The van der Waals surface area contributed by atoms with Crippen molar-refractivity contribution in [3.8, 4) is 0 Å². The summed E-state index contributed by atoms with van der Waals surface area (Å²) in [6, 6.07) is 5.00. The van der Waals surface area contributed by atoms with Crippen molar-refractivity contribution < 1.29 is 13.2 Å². The van der Waals surface area contributed by atoms with Crippen LogP contribution in [0.2, 0.25) is 0 Å². The summed E-state index contributed by atoms with van der Waals surface area (Å²) in [4.78, 5) is 15.2. The van der Waals surface area contributed by atoms with Gasteiger partial charge in [-0.2, -0.15) is 5.10 Å². The van der Waals surface area contributed by atoms with Crippen LogP contribution in [0.1, 0.15) is 17.0 Å². The lowest BCUT2D eigenvalue weighted by molar-refractivity contribution is -0.122. The molecule has 3 heterocycles. The highest BCUT2D eigenvalue weighted by molar-refractivity contribution is 7.89. The van der Waals surface area contributed by atoms with E-state index in [-0.39, 0.29) is 22.6 Å². The van der Waals surface area contributed by atoms with Crippen LogP contribution in [0.4, 0.5) is 5.69 Å². The fraction of sp³-hybridized carbons (Fsp3) is 0.444. The Morgan fingerprint density at radius 2 is 2.15 bits per heavy atom. The largest absolute Gasteiger partial charge is 0.315 e. The second-order valence-electron chi connectivity index (χ2n) is 7.06. The molecule has 2 aromatic rings. The molecule has 0 radical (unpaired) electrons. The number of fused-ring (bicyclic) bond motifs is 1. The summed E-state index contributed by atoms with van der Waals surface area (Å²) in [6.07, 6.45) is 4.50. The second-order valence-corrected chi connectivity index (χ2v) is 8.94. The molecule has 1 aromatic heterocycles. The summed E-state index contributed by atoms with van der Waals surface area (Å²) in [7, 11) is -0.303. The first-order valence-corrected chi connectivity index (χ1v) is 10.5. The molecule has 9 heteroatoms. The lowest BCUT2D eigenvalue weighted by atomic mass is 9.90. The molecule has 0 bridgehead atoms. The van der Waals surface area contributed by atoms with E-state index in [2.05, 4.69) is 15.1 Å². The van der Waals surface area contributed by atoms with E-state index < -0.39 is 10.0 Å². The SMILES string of the molecule is CNS(=O)(=O)c1ccc2c(c1)N(C(=O)[C@H]1CNC[C@@H]1c1cnn(C)c1)CC2. The Kier molecular flexibility index (Phi) is 4.53. The van der Waals surface area contributed by atoms with E-state index in [1.807, 2.05) is 19.4 Å². The van der Waals surface area contributed by atoms with E-state index >= 15 is 0 Å². The number of aryl methyl sites for hydroxylation is 1. The fourth-order valence-corrected chi connectivity index (χ4v) is 4.74. The average Bonchev–Trinajstić information content (AvgIpc) is 3.39. The topological polar surface area (TPSA) is 96.3 Å². The standard InChI is InChI=1S/C18H23N5O3S/c1-19-27(25,26)14-4-3-12-5-6-23(17(12)7-14)18(24)16-10-20-9-15(16)13-8-21-22(2)11-13/h3-4,7-8,11,15-16,19-20H,5-6,9-10H2,1-2H3/t15-,16+/m1/s1. The van der Waals surface area contributed by atoms with Gasteiger partial charge in [-0.15, -0.1) is 0 Å². The van der Waals surface area contributed by atoms with Crippen molar-refractivity contribution in [3.05, 3.63) is 41.7 Å². The van der Waals surface area contributed by atoms with Crippen LogP contribution in [-0.4, -0.2) is 50.8 Å². The lowest BCUT2D eigenvalue weighted by Gasteiger charge is -2.24. The number of aromatic nitrogens is 2. The molecule has 0 spiro atoms. The maximum atomic E-state index is 13.3. The number of hydrogen-bond acceptors (Lipinski definition) is 5. The van der Waals surface area contributed by atoms with Crippen LogP contribution in [-0.2, 0) is 28.3 Å². The molecule has 0 aliphatic carbocycles. The zero-order valence-electron chi connectivity index (χ0n) is 15.3. The summed E-state index contributed by atoms with van der Waals surface area (Å²) in [6.45, 7) is 1.92. The molecule has 0 unspecified atom stereocenters. The maximum absolute atomic E-state index is 13.3. The molecule has 1 aromatic carbocycles. The van der Waals surface area contributed by atoms with Gasteiger partial charge in [0, 0.05) is 44.5 Å². The van der Waals surface area contributed by atoms with Gasteiger partial charge in [-0.05, 0) is 36.7 Å². The number of amides is 1. The number of hydrogen-bond donors (Lipinski definition) is 2. The number of anilines is 1. The van der Waals surface area contributed by atoms with E-state index in [9.17, 15) is 13.2 Å². The van der Waals surface area contributed by atoms with E-state index in [1.165, 1.54) is 7.05 Å². The highest BCUT2D eigenvalue weighted by Crippen LogP contribution is 2.35. The van der Waals surface area contributed by atoms with Gasteiger partial charge in [-0.3, -0.25) is 9.48 Å². The third kappa shape index (κ3) is 3.15. The van der Waals surface area contributed by atoms with Crippen LogP contribution in [0.5, 0.6) is 0 Å². The van der Waals surface area contributed by atoms with E-state index in [1.54, 1.807) is 27.8 Å². The zero-order valence-corrected chi connectivity index (χ0v) is 16.2. The van der Waals surface area contributed by atoms with Crippen molar-refractivity contribution in [2.75, 3.05) is 31.6 Å². The zero-order chi connectivity index (χ0) is 19.2. The number of carbonyl (C=O) groups excluding carboxylic acids is 1. The van der Waals surface area contributed by atoms with Crippen LogP contribution in [0, 0.1) is 5.92 Å². The van der Waals surface area contributed by atoms with Gasteiger partial charge < -0.3 is 10.2 Å². The van der Waals surface area contributed by atoms with Gasteiger partial charge in [-0.25, -0.2) is 13.1 Å². The predicted molar refractivity (Wildman–Crippen MR) is 101 cm³/mol. The lowest BCUT2D eigenvalue weighted by Crippen LogP contribution is -2.37. The molecule has 2 atom stereocenters. The summed E-state index contributed by atoms with van der Waals surface area (Å²) < 4.78 is 28.4.